The Morgan fingerprint density at radius 2 is 2.29 bits per heavy atom. The lowest BCUT2D eigenvalue weighted by molar-refractivity contribution is -0.124. The van der Waals surface area contributed by atoms with Gasteiger partial charge in [0.05, 0.1) is 12.8 Å². The van der Waals surface area contributed by atoms with E-state index in [0.717, 1.165) is 17.6 Å². The molecular formula is C11H15N3O5S2. The molecule has 2 rings (SSSR count). The Labute approximate surface area is 125 Å². The molecule has 1 atom stereocenters. The fraction of sp³-hybridized carbons (Fsp3) is 0.545. The number of carbonyl (C=O) groups excluding carboxylic acids is 1. The summed E-state index contributed by atoms with van der Waals surface area (Å²) in [5.74, 6) is -1.51. The highest BCUT2D eigenvalue weighted by Crippen LogP contribution is 2.20. The highest BCUT2D eigenvalue weighted by molar-refractivity contribution is 7.88. The quantitative estimate of drug-likeness (QED) is 0.776. The number of hydrogen-bond acceptors (Lipinski definition) is 6. The zero-order valence-corrected chi connectivity index (χ0v) is 12.9. The van der Waals surface area contributed by atoms with Crippen LogP contribution in [0.25, 0.3) is 0 Å². The van der Waals surface area contributed by atoms with E-state index in [1.54, 1.807) is 0 Å². The molecule has 21 heavy (non-hydrogen) atoms. The van der Waals surface area contributed by atoms with Crippen LogP contribution in [0.5, 0.6) is 0 Å². The monoisotopic (exact) mass is 333 g/mol. The van der Waals surface area contributed by atoms with Crippen molar-refractivity contribution in [1.29, 1.82) is 0 Å². The van der Waals surface area contributed by atoms with E-state index in [4.69, 9.17) is 5.11 Å². The summed E-state index contributed by atoms with van der Waals surface area (Å²) in [6.45, 7) is 0.433. The van der Waals surface area contributed by atoms with E-state index in [9.17, 15) is 18.0 Å². The molecule has 116 valence electrons. The normalized spacial score (nSPS) is 19.6. The number of amides is 1. The molecule has 1 aliphatic rings. The highest BCUT2D eigenvalue weighted by Gasteiger charge is 2.36. The molecule has 1 aromatic heterocycles. The van der Waals surface area contributed by atoms with Gasteiger partial charge in [0.2, 0.25) is 15.9 Å². The van der Waals surface area contributed by atoms with E-state index >= 15 is 0 Å². The van der Waals surface area contributed by atoms with Crippen LogP contribution in [0.3, 0.4) is 0 Å². The van der Waals surface area contributed by atoms with Crippen molar-refractivity contribution in [2.45, 2.75) is 25.4 Å². The van der Waals surface area contributed by atoms with E-state index in [2.05, 4.69) is 10.3 Å². The molecule has 1 saturated heterocycles. The Bertz CT molecular complexity index is 655. The first-order valence-corrected chi connectivity index (χ1v) is 8.94. The minimum absolute atomic E-state index is 0.0668. The third-order valence-corrected chi connectivity index (χ3v) is 5.25. The SMILES string of the molecule is CS(=O)(=O)N1CCC[C@@H]1C(=O)NCc1nc(C(=O)O)cs1. The molecule has 0 saturated carbocycles. The summed E-state index contributed by atoms with van der Waals surface area (Å²) in [5, 5.41) is 13.2. The van der Waals surface area contributed by atoms with Crippen molar-refractivity contribution < 1.29 is 23.1 Å². The van der Waals surface area contributed by atoms with Gasteiger partial charge in [0.15, 0.2) is 5.69 Å². The Balaban J connectivity index is 1.96. The maximum absolute atomic E-state index is 12.1. The van der Waals surface area contributed by atoms with E-state index < -0.39 is 22.0 Å². The van der Waals surface area contributed by atoms with Crippen LogP contribution < -0.4 is 5.32 Å². The Kier molecular flexibility index (Phi) is 4.59. The molecule has 1 amide bonds. The van der Waals surface area contributed by atoms with Crippen LogP contribution in [-0.4, -0.2) is 53.5 Å². The molecule has 1 aromatic rings. The zero-order chi connectivity index (χ0) is 15.6. The lowest BCUT2D eigenvalue weighted by Crippen LogP contribution is -2.45. The number of carboxylic acid groups (broad SMARTS) is 1. The molecule has 0 spiro atoms. The molecule has 1 aliphatic heterocycles. The molecular weight excluding hydrogens is 318 g/mol. The molecule has 0 aromatic carbocycles. The first kappa shape index (κ1) is 15.9. The standard InChI is InChI=1S/C11H15N3O5S2/c1-21(18,19)14-4-2-3-8(14)10(15)12-5-9-13-7(6-20-9)11(16)17/h6,8H,2-5H2,1H3,(H,12,15)(H,16,17)/t8-/m1/s1. The number of thiazole rings is 1. The van der Waals surface area contributed by atoms with Crippen LogP contribution in [0.15, 0.2) is 5.38 Å². The predicted octanol–water partition coefficient (Wildman–Crippen LogP) is -0.119. The van der Waals surface area contributed by atoms with Gasteiger partial charge < -0.3 is 10.4 Å². The Morgan fingerprint density at radius 3 is 2.86 bits per heavy atom. The second-order valence-corrected chi connectivity index (χ2v) is 7.56. The molecule has 0 aliphatic carbocycles. The van der Waals surface area contributed by atoms with Gasteiger partial charge in [0.25, 0.3) is 0 Å². The minimum atomic E-state index is -3.41. The van der Waals surface area contributed by atoms with Gasteiger partial charge in [0, 0.05) is 11.9 Å². The lowest BCUT2D eigenvalue weighted by Gasteiger charge is -2.20. The van der Waals surface area contributed by atoms with Crippen molar-refractivity contribution in [2.75, 3.05) is 12.8 Å². The number of rotatable bonds is 5. The van der Waals surface area contributed by atoms with Gasteiger partial charge in [-0.05, 0) is 12.8 Å². The zero-order valence-electron chi connectivity index (χ0n) is 11.3. The minimum Gasteiger partial charge on any atom is -0.476 e. The maximum Gasteiger partial charge on any atom is 0.355 e. The van der Waals surface area contributed by atoms with Crippen LogP contribution in [-0.2, 0) is 21.4 Å². The third kappa shape index (κ3) is 3.77. The highest BCUT2D eigenvalue weighted by atomic mass is 32.2. The molecule has 10 heteroatoms. The van der Waals surface area contributed by atoms with Crippen molar-refractivity contribution in [3.63, 3.8) is 0 Å². The number of carbonyl (C=O) groups is 2. The maximum atomic E-state index is 12.1. The van der Waals surface area contributed by atoms with Gasteiger partial charge in [-0.15, -0.1) is 11.3 Å². The van der Waals surface area contributed by atoms with Gasteiger partial charge in [-0.3, -0.25) is 4.79 Å². The van der Waals surface area contributed by atoms with Gasteiger partial charge in [-0.1, -0.05) is 0 Å². The molecule has 0 radical (unpaired) electrons. The van der Waals surface area contributed by atoms with Crippen molar-refractivity contribution in [1.82, 2.24) is 14.6 Å². The van der Waals surface area contributed by atoms with Crippen LogP contribution >= 0.6 is 11.3 Å². The number of nitrogens with zero attached hydrogens (tertiary/aromatic N) is 2. The molecule has 0 bridgehead atoms. The molecule has 8 nitrogen and oxygen atoms in total. The molecule has 0 unspecified atom stereocenters. The summed E-state index contributed by atoms with van der Waals surface area (Å²) < 4.78 is 24.3. The second-order valence-electron chi connectivity index (χ2n) is 4.68. The predicted molar refractivity (Wildman–Crippen MR) is 75.5 cm³/mol. The fourth-order valence-corrected chi connectivity index (χ4v) is 4.00. The van der Waals surface area contributed by atoms with Gasteiger partial charge in [-0.2, -0.15) is 4.31 Å². The average Bonchev–Trinajstić information content (AvgIpc) is 3.04. The van der Waals surface area contributed by atoms with E-state index in [1.807, 2.05) is 0 Å². The third-order valence-electron chi connectivity index (χ3n) is 3.12. The molecule has 2 N–H and O–H groups in total. The number of carboxylic acids is 1. The van der Waals surface area contributed by atoms with Crippen molar-refractivity contribution in [3.05, 3.63) is 16.1 Å². The van der Waals surface area contributed by atoms with Crippen molar-refractivity contribution in [3.8, 4) is 0 Å². The van der Waals surface area contributed by atoms with E-state index in [1.165, 1.54) is 9.69 Å². The van der Waals surface area contributed by atoms with Crippen LogP contribution in [0.4, 0.5) is 0 Å². The summed E-state index contributed by atoms with van der Waals surface area (Å²) in [5.41, 5.74) is -0.0668. The van der Waals surface area contributed by atoms with Crippen molar-refractivity contribution >= 4 is 33.2 Å². The Hall–Kier alpha value is -1.52. The Morgan fingerprint density at radius 1 is 1.57 bits per heavy atom. The van der Waals surface area contributed by atoms with E-state index in [-0.39, 0.29) is 18.1 Å². The first-order chi connectivity index (χ1) is 9.79. The second kappa shape index (κ2) is 6.08. The number of hydrogen-bond donors (Lipinski definition) is 2. The van der Waals surface area contributed by atoms with Crippen LogP contribution in [0.1, 0.15) is 28.3 Å². The molecule has 2 heterocycles. The fourth-order valence-electron chi connectivity index (χ4n) is 2.17. The summed E-state index contributed by atoms with van der Waals surface area (Å²) in [6.07, 6.45) is 2.21. The number of sulfonamides is 1. The summed E-state index contributed by atoms with van der Waals surface area (Å²) in [7, 11) is -3.41. The number of aromatic carboxylic acids is 1. The average molecular weight is 333 g/mol. The summed E-state index contributed by atoms with van der Waals surface area (Å²) in [4.78, 5) is 26.6. The van der Waals surface area contributed by atoms with Crippen molar-refractivity contribution in [2.24, 2.45) is 0 Å². The number of nitrogens with one attached hydrogen (secondary N) is 1. The summed E-state index contributed by atoms with van der Waals surface area (Å²) in [6, 6.07) is -0.695. The summed E-state index contributed by atoms with van der Waals surface area (Å²) >= 11 is 1.13. The van der Waals surface area contributed by atoms with Gasteiger partial charge in [-0.25, -0.2) is 18.2 Å². The number of aromatic nitrogens is 1. The van der Waals surface area contributed by atoms with Gasteiger partial charge in [0.1, 0.15) is 11.0 Å². The van der Waals surface area contributed by atoms with Crippen LogP contribution in [0.2, 0.25) is 0 Å². The largest absolute Gasteiger partial charge is 0.476 e. The molecule has 1 fully saturated rings. The van der Waals surface area contributed by atoms with E-state index in [0.29, 0.717) is 24.4 Å². The first-order valence-electron chi connectivity index (χ1n) is 6.21. The topological polar surface area (TPSA) is 117 Å². The smallest absolute Gasteiger partial charge is 0.355 e. The van der Waals surface area contributed by atoms with Crippen LogP contribution in [0, 0.1) is 0 Å². The lowest BCUT2D eigenvalue weighted by atomic mass is 10.2. The van der Waals surface area contributed by atoms with Gasteiger partial charge >= 0.3 is 5.97 Å².